The van der Waals surface area contributed by atoms with Gasteiger partial charge in [0, 0.05) is 42.8 Å². The highest BCUT2D eigenvalue weighted by molar-refractivity contribution is 7.15. The summed E-state index contributed by atoms with van der Waals surface area (Å²) in [5, 5.41) is 1.02. The monoisotopic (exact) mass is 490 g/mol. The molecule has 0 bridgehead atoms. The predicted molar refractivity (Wildman–Crippen MR) is 136 cm³/mol. The Balaban J connectivity index is 1.26. The first kappa shape index (κ1) is 23.5. The number of piperidine rings is 1. The fourth-order valence-corrected chi connectivity index (χ4v) is 6.15. The zero-order valence-electron chi connectivity index (χ0n) is 20.1. The molecule has 182 valence electrons. The van der Waals surface area contributed by atoms with Crippen LogP contribution in [0.15, 0.2) is 60.8 Å². The van der Waals surface area contributed by atoms with Crippen LogP contribution in [0.2, 0.25) is 0 Å². The Hall–Kier alpha value is -3.23. The Morgan fingerprint density at radius 1 is 1.03 bits per heavy atom. The number of thiazole rings is 1. The summed E-state index contributed by atoms with van der Waals surface area (Å²) in [6.07, 6.45) is 3.24. The molecular weight excluding hydrogens is 460 g/mol. The highest BCUT2D eigenvalue weighted by Crippen LogP contribution is 2.38. The van der Waals surface area contributed by atoms with Crippen molar-refractivity contribution in [1.29, 1.82) is 0 Å². The Labute approximate surface area is 209 Å². The number of likely N-dealkylation sites (tertiary alicyclic amines) is 1. The first-order valence-corrected chi connectivity index (χ1v) is 12.8. The third kappa shape index (κ3) is 4.44. The van der Waals surface area contributed by atoms with Gasteiger partial charge in [-0.05, 0) is 37.5 Å². The average molecular weight is 491 g/mol. The number of urea groups is 1. The number of hydrogen-bond donors (Lipinski definition) is 0. The molecule has 0 unspecified atom stereocenters. The van der Waals surface area contributed by atoms with Crippen molar-refractivity contribution in [2.24, 2.45) is 0 Å². The molecule has 2 aromatic carbocycles. The number of carbonyl (C=O) groups excluding carboxylic acids is 2. The summed E-state index contributed by atoms with van der Waals surface area (Å²) in [6, 6.07) is 17.6. The molecule has 2 aliphatic heterocycles. The van der Waals surface area contributed by atoms with Gasteiger partial charge in [-0.2, -0.15) is 0 Å². The molecule has 2 saturated heterocycles. The van der Waals surface area contributed by atoms with Gasteiger partial charge in [0.05, 0.1) is 13.7 Å². The number of imide groups is 1. The maximum atomic E-state index is 13.7. The van der Waals surface area contributed by atoms with Crippen LogP contribution in [0.5, 0.6) is 5.75 Å². The molecule has 3 aromatic rings. The van der Waals surface area contributed by atoms with E-state index in [9.17, 15) is 9.59 Å². The lowest BCUT2D eigenvalue weighted by Crippen LogP contribution is -2.56. The number of benzene rings is 2. The van der Waals surface area contributed by atoms with Gasteiger partial charge in [-0.25, -0.2) is 9.78 Å². The van der Waals surface area contributed by atoms with Crippen LogP contribution in [0.25, 0.3) is 10.6 Å². The molecule has 2 aliphatic rings. The first-order chi connectivity index (χ1) is 17.0. The van der Waals surface area contributed by atoms with Crippen LogP contribution < -0.4 is 4.74 Å². The molecule has 1 spiro atoms. The van der Waals surface area contributed by atoms with Gasteiger partial charge in [0.25, 0.3) is 5.91 Å². The minimum Gasteiger partial charge on any atom is -0.497 e. The predicted octanol–water partition coefficient (Wildman–Crippen LogP) is 4.64. The zero-order valence-corrected chi connectivity index (χ0v) is 21.0. The number of likely N-dealkylation sites (N-methyl/N-ethyl adjacent to an activating group) is 1. The third-order valence-electron chi connectivity index (χ3n) is 7.05. The van der Waals surface area contributed by atoms with Crippen LogP contribution >= 0.6 is 11.3 Å². The SMILES string of the molecule is CCN1C(=O)N(Cc2cccc(OC)c2)C(=O)C12CCN(Cc1cnc(-c3ccccc3)s1)CC2. The van der Waals surface area contributed by atoms with Crippen molar-refractivity contribution in [3.8, 4) is 16.3 Å². The number of nitrogens with zero attached hydrogens (tertiary/aromatic N) is 4. The van der Waals surface area contributed by atoms with Gasteiger partial charge < -0.3 is 9.64 Å². The molecule has 8 heteroatoms. The number of rotatable bonds is 7. The number of methoxy groups -OCH3 is 1. The molecule has 35 heavy (non-hydrogen) atoms. The molecule has 3 amide bonds. The molecule has 0 saturated carbocycles. The molecule has 0 aliphatic carbocycles. The molecule has 1 aromatic heterocycles. The van der Waals surface area contributed by atoms with E-state index in [1.807, 2.05) is 55.6 Å². The van der Waals surface area contributed by atoms with Gasteiger partial charge in [0.2, 0.25) is 0 Å². The van der Waals surface area contributed by atoms with Crippen molar-refractivity contribution >= 4 is 23.3 Å². The summed E-state index contributed by atoms with van der Waals surface area (Å²) >= 11 is 1.71. The van der Waals surface area contributed by atoms with Crippen LogP contribution in [0, 0.1) is 0 Å². The smallest absolute Gasteiger partial charge is 0.327 e. The van der Waals surface area contributed by atoms with Crippen molar-refractivity contribution in [3.05, 3.63) is 71.2 Å². The van der Waals surface area contributed by atoms with Gasteiger partial charge in [0.15, 0.2) is 0 Å². The maximum Gasteiger partial charge on any atom is 0.327 e. The van der Waals surface area contributed by atoms with Crippen LogP contribution in [0.3, 0.4) is 0 Å². The highest BCUT2D eigenvalue weighted by atomic mass is 32.1. The second kappa shape index (κ2) is 9.79. The van der Waals surface area contributed by atoms with Crippen molar-refractivity contribution in [1.82, 2.24) is 19.7 Å². The van der Waals surface area contributed by atoms with E-state index in [0.717, 1.165) is 41.5 Å². The van der Waals surface area contributed by atoms with Crippen molar-refractivity contribution < 1.29 is 14.3 Å². The topological polar surface area (TPSA) is 66.0 Å². The van der Waals surface area contributed by atoms with E-state index in [1.54, 1.807) is 23.3 Å². The third-order valence-corrected chi connectivity index (χ3v) is 8.08. The minimum atomic E-state index is -0.746. The second-order valence-corrected chi connectivity index (χ2v) is 10.2. The van der Waals surface area contributed by atoms with Crippen LogP contribution in [-0.2, 0) is 17.9 Å². The second-order valence-electron chi connectivity index (χ2n) is 9.08. The number of aromatic nitrogens is 1. The zero-order chi connectivity index (χ0) is 24.4. The van der Waals surface area contributed by atoms with Crippen LogP contribution in [0.4, 0.5) is 4.79 Å². The summed E-state index contributed by atoms with van der Waals surface area (Å²) in [5.74, 6) is 0.645. The summed E-state index contributed by atoms with van der Waals surface area (Å²) in [4.78, 5) is 38.3. The van der Waals surface area contributed by atoms with E-state index in [4.69, 9.17) is 4.74 Å². The summed E-state index contributed by atoms with van der Waals surface area (Å²) in [7, 11) is 1.61. The Morgan fingerprint density at radius 2 is 1.80 bits per heavy atom. The lowest BCUT2D eigenvalue weighted by molar-refractivity contribution is -0.136. The standard InChI is InChI=1S/C27H30N4O3S/c1-3-31-26(33)30(18-20-8-7-11-22(16-20)34-2)25(32)27(31)12-14-29(15-13-27)19-23-17-28-24(35-23)21-9-5-4-6-10-21/h4-11,16-17H,3,12-15,18-19H2,1-2H3. The quantitative estimate of drug-likeness (QED) is 0.452. The van der Waals surface area contributed by atoms with E-state index < -0.39 is 5.54 Å². The molecule has 7 nitrogen and oxygen atoms in total. The first-order valence-electron chi connectivity index (χ1n) is 12.0. The van der Waals surface area contributed by atoms with E-state index >= 15 is 0 Å². The normalized spacial score (nSPS) is 18.0. The molecule has 0 radical (unpaired) electrons. The van der Waals surface area contributed by atoms with Crippen LogP contribution in [0.1, 0.15) is 30.2 Å². The van der Waals surface area contributed by atoms with Gasteiger partial charge in [0.1, 0.15) is 16.3 Å². The molecule has 3 heterocycles. The highest BCUT2D eigenvalue weighted by Gasteiger charge is 2.57. The van der Waals surface area contributed by atoms with E-state index in [-0.39, 0.29) is 18.5 Å². The van der Waals surface area contributed by atoms with Gasteiger partial charge in [-0.15, -0.1) is 11.3 Å². The molecule has 0 N–H and O–H groups in total. The number of hydrogen-bond acceptors (Lipinski definition) is 6. The van der Waals surface area contributed by atoms with Gasteiger partial charge >= 0.3 is 6.03 Å². The number of amides is 3. The summed E-state index contributed by atoms with van der Waals surface area (Å²) in [5.41, 5.74) is 1.27. The van der Waals surface area contributed by atoms with E-state index in [2.05, 4.69) is 22.0 Å². The number of ether oxygens (including phenoxy) is 1. The Morgan fingerprint density at radius 3 is 2.51 bits per heavy atom. The van der Waals surface area contributed by atoms with Gasteiger partial charge in [-0.1, -0.05) is 42.5 Å². The maximum absolute atomic E-state index is 13.7. The average Bonchev–Trinajstić information content (AvgIpc) is 3.43. The lowest BCUT2D eigenvalue weighted by atomic mass is 9.85. The Bertz CT molecular complexity index is 1200. The fourth-order valence-electron chi connectivity index (χ4n) is 5.19. The fraction of sp³-hybridized carbons (Fsp3) is 0.370. The van der Waals surface area contributed by atoms with Crippen molar-refractivity contribution in [3.63, 3.8) is 0 Å². The molecular formula is C27H30N4O3S. The summed E-state index contributed by atoms with van der Waals surface area (Å²) < 4.78 is 5.30. The van der Waals surface area contributed by atoms with Crippen molar-refractivity contribution in [2.45, 2.75) is 38.4 Å². The van der Waals surface area contributed by atoms with E-state index in [1.165, 1.54) is 9.78 Å². The molecule has 0 atom stereocenters. The van der Waals surface area contributed by atoms with Gasteiger partial charge in [-0.3, -0.25) is 14.6 Å². The minimum absolute atomic E-state index is 0.0732. The number of carbonyl (C=O) groups is 2. The summed E-state index contributed by atoms with van der Waals surface area (Å²) in [6.45, 7) is 5.08. The van der Waals surface area contributed by atoms with Crippen LogP contribution in [-0.4, -0.2) is 63.9 Å². The lowest BCUT2D eigenvalue weighted by Gasteiger charge is -2.41. The largest absolute Gasteiger partial charge is 0.497 e. The Kier molecular flexibility index (Phi) is 6.58. The van der Waals surface area contributed by atoms with E-state index in [0.29, 0.717) is 19.4 Å². The van der Waals surface area contributed by atoms with Crippen molar-refractivity contribution in [2.75, 3.05) is 26.7 Å². The molecule has 2 fully saturated rings. The molecule has 5 rings (SSSR count).